The van der Waals surface area contributed by atoms with Gasteiger partial charge in [0.2, 0.25) is 5.91 Å². The number of hydrogen-bond acceptors (Lipinski definition) is 5. The highest BCUT2D eigenvalue weighted by Crippen LogP contribution is 2.31. The third-order valence-corrected chi connectivity index (χ3v) is 5.17. The highest BCUT2D eigenvalue weighted by Gasteiger charge is 2.47. The number of rotatable bonds is 5. The molecule has 2 fully saturated rings. The number of hydrogen-bond donors (Lipinski definition) is 2. The molecule has 2 amide bonds. The second-order valence-electron chi connectivity index (χ2n) is 7.32. The minimum Gasteiger partial charge on any atom is -0.343 e. The Balaban J connectivity index is 1.62. The summed E-state index contributed by atoms with van der Waals surface area (Å²) < 4.78 is 27.0. The van der Waals surface area contributed by atoms with E-state index in [4.69, 9.17) is 5.26 Å². The zero-order valence-corrected chi connectivity index (χ0v) is 15.9. The molecule has 154 valence electrons. The van der Waals surface area contributed by atoms with Crippen molar-refractivity contribution >= 4 is 17.9 Å². The van der Waals surface area contributed by atoms with Crippen LogP contribution in [0.5, 0.6) is 0 Å². The highest BCUT2D eigenvalue weighted by molar-refractivity contribution is 5.99. The number of allylic oxidation sites excluding steroid dienone is 1. The predicted octanol–water partition coefficient (Wildman–Crippen LogP) is 1.58. The summed E-state index contributed by atoms with van der Waals surface area (Å²) in [6, 6.07) is 2.08. The average Bonchev–Trinajstić information content (AvgIpc) is 3.06. The summed E-state index contributed by atoms with van der Waals surface area (Å²) in [6.07, 6.45) is 8.32. The van der Waals surface area contributed by atoms with Crippen LogP contribution in [0, 0.1) is 17.2 Å². The number of carbonyl (C=O) groups excluding carboxylic acids is 2. The van der Waals surface area contributed by atoms with Gasteiger partial charge in [-0.25, -0.2) is 8.78 Å². The second kappa shape index (κ2) is 9.09. The molecule has 2 N–H and O–H groups in total. The number of likely N-dealkylation sites (tertiary alicyclic amines) is 1. The molecule has 0 radical (unpaired) electrons. The fourth-order valence-electron chi connectivity index (χ4n) is 3.57. The van der Waals surface area contributed by atoms with E-state index in [9.17, 15) is 18.4 Å². The fraction of sp³-hybridized carbons (Fsp3) is 0.500. The summed E-state index contributed by atoms with van der Waals surface area (Å²) >= 11 is 0. The minimum absolute atomic E-state index is 0.349. The molecule has 1 aromatic heterocycles. The van der Waals surface area contributed by atoms with Gasteiger partial charge >= 0.3 is 0 Å². The van der Waals surface area contributed by atoms with E-state index in [2.05, 4.69) is 21.7 Å². The standard InChI is InChI=1S/C20H23F2N5O2/c21-20(22)9-16(10-23)27(13-20)18(28)12-26-19(29)17-5-8-25-11-15(17)2-1-14-3-6-24-7-4-14/h1-2,5,8,11,14,16,24H,3-4,6-7,9,12-13H2,(H,26,29)/b2-1+/t16-/m0/s1. The van der Waals surface area contributed by atoms with E-state index in [1.165, 1.54) is 6.20 Å². The van der Waals surface area contributed by atoms with Crippen molar-refractivity contribution in [2.24, 2.45) is 5.92 Å². The van der Waals surface area contributed by atoms with E-state index in [1.54, 1.807) is 18.3 Å². The van der Waals surface area contributed by atoms with Crippen molar-refractivity contribution in [3.05, 3.63) is 35.7 Å². The summed E-state index contributed by atoms with van der Waals surface area (Å²) in [5, 5.41) is 14.8. The first kappa shape index (κ1) is 20.9. The van der Waals surface area contributed by atoms with Gasteiger partial charge in [0.05, 0.1) is 19.2 Å². The van der Waals surface area contributed by atoms with Crippen LogP contribution in [0.1, 0.15) is 35.2 Å². The summed E-state index contributed by atoms with van der Waals surface area (Å²) in [4.78, 5) is 29.7. The fourth-order valence-corrected chi connectivity index (χ4v) is 3.57. The van der Waals surface area contributed by atoms with Gasteiger partial charge in [-0.05, 0) is 37.9 Å². The number of nitrogens with zero attached hydrogens (tertiary/aromatic N) is 3. The first-order chi connectivity index (χ1) is 13.9. The number of nitriles is 1. The van der Waals surface area contributed by atoms with E-state index < -0.39 is 43.3 Å². The molecular formula is C20H23F2N5O2. The van der Waals surface area contributed by atoms with Gasteiger partial charge in [-0.15, -0.1) is 0 Å². The lowest BCUT2D eigenvalue weighted by Crippen LogP contribution is -2.43. The molecule has 3 heterocycles. The first-order valence-electron chi connectivity index (χ1n) is 9.58. The lowest BCUT2D eigenvalue weighted by molar-refractivity contribution is -0.131. The monoisotopic (exact) mass is 403 g/mol. The molecule has 0 aliphatic carbocycles. The number of amides is 2. The summed E-state index contributed by atoms with van der Waals surface area (Å²) in [5.74, 6) is -3.86. The molecule has 0 unspecified atom stereocenters. The zero-order valence-electron chi connectivity index (χ0n) is 15.9. The summed E-state index contributed by atoms with van der Waals surface area (Å²) in [7, 11) is 0. The summed E-state index contributed by atoms with van der Waals surface area (Å²) in [5.41, 5.74) is 0.972. The SMILES string of the molecule is N#C[C@@H]1CC(F)(F)CN1C(=O)CNC(=O)c1ccncc1/C=C/C1CCNCC1. The van der Waals surface area contributed by atoms with Crippen molar-refractivity contribution in [3.8, 4) is 6.07 Å². The van der Waals surface area contributed by atoms with Crippen LogP contribution in [0.25, 0.3) is 6.08 Å². The number of aromatic nitrogens is 1. The van der Waals surface area contributed by atoms with E-state index in [1.807, 2.05) is 6.08 Å². The molecule has 2 aliphatic rings. The van der Waals surface area contributed by atoms with E-state index >= 15 is 0 Å². The van der Waals surface area contributed by atoms with Crippen molar-refractivity contribution in [3.63, 3.8) is 0 Å². The Morgan fingerprint density at radius 1 is 1.41 bits per heavy atom. The molecule has 7 nitrogen and oxygen atoms in total. The van der Waals surface area contributed by atoms with Crippen LogP contribution >= 0.6 is 0 Å². The van der Waals surface area contributed by atoms with Crippen molar-refractivity contribution in [2.45, 2.75) is 31.2 Å². The molecule has 29 heavy (non-hydrogen) atoms. The maximum atomic E-state index is 13.5. The van der Waals surface area contributed by atoms with Crippen LogP contribution in [0.15, 0.2) is 24.5 Å². The van der Waals surface area contributed by atoms with E-state index in [-0.39, 0.29) is 0 Å². The van der Waals surface area contributed by atoms with Crippen molar-refractivity contribution in [1.82, 2.24) is 20.5 Å². The third-order valence-electron chi connectivity index (χ3n) is 5.17. The van der Waals surface area contributed by atoms with Crippen LogP contribution < -0.4 is 10.6 Å². The van der Waals surface area contributed by atoms with Gasteiger partial charge in [0.15, 0.2) is 0 Å². The topological polar surface area (TPSA) is 98.1 Å². The number of nitrogens with one attached hydrogen (secondary N) is 2. The predicted molar refractivity (Wildman–Crippen MR) is 102 cm³/mol. The molecule has 1 aromatic rings. The third kappa shape index (κ3) is 5.35. The quantitative estimate of drug-likeness (QED) is 0.778. The lowest BCUT2D eigenvalue weighted by Gasteiger charge is -2.20. The van der Waals surface area contributed by atoms with Crippen LogP contribution in [0.2, 0.25) is 0 Å². The van der Waals surface area contributed by atoms with Gasteiger partial charge in [0.1, 0.15) is 6.04 Å². The molecule has 2 aliphatic heterocycles. The number of pyridine rings is 1. The van der Waals surface area contributed by atoms with Gasteiger partial charge in [0, 0.05) is 29.9 Å². The van der Waals surface area contributed by atoms with Gasteiger partial charge < -0.3 is 15.5 Å². The lowest BCUT2D eigenvalue weighted by atomic mass is 9.96. The second-order valence-corrected chi connectivity index (χ2v) is 7.32. The van der Waals surface area contributed by atoms with E-state index in [0.717, 1.165) is 30.8 Å². The zero-order chi connectivity index (χ0) is 20.9. The van der Waals surface area contributed by atoms with Crippen molar-refractivity contribution < 1.29 is 18.4 Å². The van der Waals surface area contributed by atoms with Gasteiger partial charge in [-0.1, -0.05) is 12.2 Å². The Hall–Kier alpha value is -2.86. The van der Waals surface area contributed by atoms with Crippen molar-refractivity contribution in [1.29, 1.82) is 5.26 Å². The van der Waals surface area contributed by atoms with Crippen LogP contribution in [0.4, 0.5) is 8.78 Å². The molecule has 2 saturated heterocycles. The Kier molecular flexibility index (Phi) is 6.54. The molecule has 0 bridgehead atoms. The number of alkyl halides is 2. The normalized spacial score (nSPS) is 21.8. The minimum atomic E-state index is -3.09. The molecule has 0 saturated carbocycles. The number of piperidine rings is 1. The maximum Gasteiger partial charge on any atom is 0.268 e. The van der Waals surface area contributed by atoms with Crippen LogP contribution in [0.3, 0.4) is 0 Å². The molecule has 0 aromatic carbocycles. The largest absolute Gasteiger partial charge is 0.343 e. The highest BCUT2D eigenvalue weighted by atomic mass is 19.3. The Labute approximate surface area is 167 Å². The Bertz CT molecular complexity index is 830. The van der Waals surface area contributed by atoms with Crippen LogP contribution in [-0.2, 0) is 4.79 Å². The van der Waals surface area contributed by atoms with Gasteiger partial charge in [-0.2, -0.15) is 5.26 Å². The van der Waals surface area contributed by atoms with Gasteiger partial charge in [0.25, 0.3) is 11.8 Å². The van der Waals surface area contributed by atoms with Crippen molar-refractivity contribution in [2.75, 3.05) is 26.2 Å². The number of carbonyl (C=O) groups is 2. The smallest absolute Gasteiger partial charge is 0.268 e. The van der Waals surface area contributed by atoms with Gasteiger partial charge in [-0.3, -0.25) is 14.6 Å². The molecule has 3 rings (SSSR count). The molecule has 0 spiro atoms. The number of halogens is 2. The summed E-state index contributed by atoms with van der Waals surface area (Å²) in [6.45, 7) is 0.653. The van der Waals surface area contributed by atoms with E-state index in [0.29, 0.717) is 17.0 Å². The molecule has 9 heteroatoms. The molecular weight excluding hydrogens is 380 g/mol. The van der Waals surface area contributed by atoms with Crippen LogP contribution in [-0.4, -0.2) is 59.8 Å². The first-order valence-corrected chi connectivity index (χ1v) is 9.58. The Morgan fingerprint density at radius 3 is 2.90 bits per heavy atom. The molecule has 1 atom stereocenters. The maximum absolute atomic E-state index is 13.5. The Morgan fingerprint density at radius 2 is 2.17 bits per heavy atom. The average molecular weight is 403 g/mol.